The highest BCUT2D eigenvalue weighted by molar-refractivity contribution is 6.30. The summed E-state index contributed by atoms with van der Waals surface area (Å²) in [6.07, 6.45) is 4.10. The summed E-state index contributed by atoms with van der Waals surface area (Å²) in [6, 6.07) is 4.78. The lowest BCUT2D eigenvalue weighted by atomic mass is 9.51. The summed E-state index contributed by atoms with van der Waals surface area (Å²) in [5.41, 5.74) is -0.0507. The molecule has 0 aromatic heterocycles. The second-order valence-electron chi connectivity index (χ2n) is 6.29. The van der Waals surface area contributed by atoms with Crippen molar-refractivity contribution in [3.05, 3.63) is 34.6 Å². The summed E-state index contributed by atoms with van der Waals surface area (Å²) in [7, 11) is 0. The van der Waals surface area contributed by atoms with E-state index in [9.17, 15) is 9.18 Å². The van der Waals surface area contributed by atoms with Gasteiger partial charge in [0.25, 0.3) is 0 Å². The molecule has 0 radical (unpaired) electrons. The topological polar surface area (TPSA) is 17.1 Å². The van der Waals surface area contributed by atoms with E-state index in [2.05, 4.69) is 20.8 Å². The highest BCUT2D eigenvalue weighted by atomic mass is 35.5. The van der Waals surface area contributed by atoms with Crippen LogP contribution in [0.25, 0.3) is 0 Å². The number of rotatable bonds is 2. The van der Waals surface area contributed by atoms with Gasteiger partial charge in [0.2, 0.25) is 0 Å². The maximum Gasteiger partial charge on any atom is 0.142 e. The van der Waals surface area contributed by atoms with Crippen molar-refractivity contribution in [2.75, 3.05) is 0 Å². The Morgan fingerprint density at radius 3 is 2.63 bits per heavy atom. The van der Waals surface area contributed by atoms with E-state index in [0.717, 1.165) is 31.1 Å². The van der Waals surface area contributed by atoms with Gasteiger partial charge in [-0.1, -0.05) is 44.9 Å². The molecule has 0 bridgehead atoms. The van der Waals surface area contributed by atoms with E-state index in [1.807, 2.05) is 0 Å². The molecule has 1 nitrogen and oxygen atoms in total. The van der Waals surface area contributed by atoms with Crippen molar-refractivity contribution in [3.63, 3.8) is 0 Å². The minimum absolute atomic E-state index is 0.103. The van der Waals surface area contributed by atoms with Gasteiger partial charge >= 0.3 is 0 Å². The lowest BCUT2D eigenvalue weighted by Gasteiger charge is -2.51. The lowest BCUT2D eigenvalue weighted by Crippen LogP contribution is -2.51. The van der Waals surface area contributed by atoms with Crippen LogP contribution >= 0.6 is 11.6 Å². The summed E-state index contributed by atoms with van der Waals surface area (Å²) >= 11 is 5.75. The first-order valence-corrected chi connectivity index (χ1v) is 7.15. The van der Waals surface area contributed by atoms with Gasteiger partial charge in [0, 0.05) is 0 Å². The molecule has 0 aliphatic heterocycles. The smallest absolute Gasteiger partial charge is 0.142 e. The molecule has 2 rings (SSSR count). The van der Waals surface area contributed by atoms with Gasteiger partial charge in [-0.15, -0.1) is 0 Å². The van der Waals surface area contributed by atoms with E-state index in [0.29, 0.717) is 0 Å². The predicted octanol–water partition coefficient (Wildman–Crippen LogP) is 4.76. The largest absolute Gasteiger partial charge is 0.302 e. The molecule has 0 heterocycles. The van der Waals surface area contributed by atoms with Crippen LogP contribution in [0.2, 0.25) is 5.02 Å². The Morgan fingerprint density at radius 1 is 1.42 bits per heavy atom. The summed E-state index contributed by atoms with van der Waals surface area (Å²) in [6.45, 7) is 6.29. The number of hydrogen-bond acceptors (Lipinski definition) is 1. The number of carbonyl (C=O) groups is 1. The normalized spacial score (nSPS) is 30.1. The molecular weight excluding hydrogens is 263 g/mol. The zero-order valence-electron chi connectivity index (χ0n) is 11.7. The fourth-order valence-electron chi connectivity index (χ4n) is 3.72. The maximum atomic E-state index is 13.8. The molecule has 0 saturated heterocycles. The molecule has 0 N–H and O–H groups in total. The average molecular weight is 283 g/mol. The fourth-order valence-corrected chi connectivity index (χ4v) is 3.84. The zero-order chi connectivity index (χ0) is 14.3. The molecule has 1 fully saturated rings. The van der Waals surface area contributed by atoms with Crippen LogP contribution in [0, 0.1) is 17.2 Å². The van der Waals surface area contributed by atoms with Gasteiger partial charge in [-0.25, -0.2) is 4.39 Å². The zero-order valence-corrected chi connectivity index (χ0v) is 12.4. The van der Waals surface area contributed by atoms with E-state index in [-0.39, 0.29) is 16.4 Å². The molecule has 1 aliphatic rings. The minimum atomic E-state index is -0.628. The van der Waals surface area contributed by atoms with Gasteiger partial charge in [-0.05, 0) is 41.9 Å². The first-order chi connectivity index (χ1) is 8.85. The van der Waals surface area contributed by atoms with Gasteiger partial charge in [0.15, 0.2) is 0 Å². The SMILES string of the molecule is C[C@H]1CCCC(C)(C)[C@@]1(C=O)c1ccc(Cl)c(F)c1. The highest BCUT2D eigenvalue weighted by Gasteiger charge is 2.52. The van der Waals surface area contributed by atoms with Crippen molar-refractivity contribution in [2.45, 2.75) is 45.4 Å². The molecule has 2 atom stereocenters. The van der Waals surface area contributed by atoms with Crippen LogP contribution in [0.3, 0.4) is 0 Å². The Balaban J connectivity index is 2.62. The van der Waals surface area contributed by atoms with Crippen molar-refractivity contribution < 1.29 is 9.18 Å². The molecular formula is C16H20ClFO. The van der Waals surface area contributed by atoms with Crippen LogP contribution in [0.1, 0.15) is 45.6 Å². The lowest BCUT2D eigenvalue weighted by molar-refractivity contribution is -0.121. The number of aldehydes is 1. The number of halogens is 2. The Kier molecular flexibility index (Phi) is 3.74. The molecule has 3 heteroatoms. The van der Waals surface area contributed by atoms with Gasteiger partial charge in [-0.2, -0.15) is 0 Å². The molecule has 104 valence electrons. The standard InChI is InChI=1S/C16H20ClFO/c1-11-5-4-8-15(2,3)16(11,10-19)12-6-7-13(17)14(18)9-12/h6-7,9-11H,4-5,8H2,1-3H3/t11-,16+/m0/s1. The average Bonchev–Trinajstić information content (AvgIpc) is 2.33. The Labute approximate surface area is 119 Å². The number of carbonyl (C=O) groups excluding carboxylic acids is 1. The molecule has 1 saturated carbocycles. The fraction of sp³-hybridized carbons (Fsp3) is 0.562. The molecule has 0 unspecified atom stereocenters. The van der Waals surface area contributed by atoms with Crippen LogP contribution in [0.15, 0.2) is 18.2 Å². The molecule has 1 aromatic rings. The van der Waals surface area contributed by atoms with Gasteiger partial charge in [-0.3, -0.25) is 0 Å². The monoisotopic (exact) mass is 282 g/mol. The summed E-state index contributed by atoms with van der Waals surface area (Å²) in [5, 5.41) is 0.103. The Hall–Kier alpha value is -0.890. The first kappa shape index (κ1) is 14.5. The predicted molar refractivity (Wildman–Crippen MR) is 75.9 cm³/mol. The highest BCUT2D eigenvalue weighted by Crippen LogP contribution is 2.53. The van der Waals surface area contributed by atoms with Crippen molar-refractivity contribution in [3.8, 4) is 0 Å². The van der Waals surface area contributed by atoms with Crippen LogP contribution in [-0.2, 0) is 10.2 Å². The van der Waals surface area contributed by atoms with E-state index in [4.69, 9.17) is 11.6 Å². The Morgan fingerprint density at radius 2 is 2.11 bits per heavy atom. The van der Waals surface area contributed by atoms with E-state index >= 15 is 0 Å². The summed E-state index contributed by atoms with van der Waals surface area (Å²) in [4.78, 5) is 11.9. The summed E-state index contributed by atoms with van der Waals surface area (Å²) < 4.78 is 13.8. The van der Waals surface area contributed by atoms with E-state index < -0.39 is 11.2 Å². The third kappa shape index (κ3) is 2.10. The van der Waals surface area contributed by atoms with Gasteiger partial charge in [0.1, 0.15) is 12.1 Å². The van der Waals surface area contributed by atoms with Gasteiger partial charge in [0.05, 0.1) is 10.4 Å². The van der Waals surface area contributed by atoms with E-state index in [1.165, 1.54) is 6.07 Å². The van der Waals surface area contributed by atoms with Crippen molar-refractivity contribution in [1.82, 2.24) is 0 Å². The first-order valence-electron chi connectivity index (χ1n) is 6.77. The van der Waals surface area contributed by atoms with Crippen molar-refractivity contribution in [1.29, 1.82) is 0 Å². The van der Waals surface area contributed by atoms with Crippen LogP contribution < -0.4 is 0 Å². The maximum absolute atomic E-state index is 13.8. The number of hydrogen-bond donors (Lipinski definition) is 0. The third-order valence-corrected chi connectivity index (χ3v) is 5.23. The summed E-state index contributed by atoms with van der Waals surface area (Å²) in [5.74, 6) is -0.247. The minimum Gasteiger partial charge on any atom is -0.302 e. The molecule has 19 heavy (non-hydrogen) atoms. The van der Waals surface area contributed by atoms with Crippen molar-refractivity contribution >= 4 is 17.9 Å². The molecule has 1 aliphatic carbocycles. The van der Waals surface area contributed by atoms with Crippen LogP contribution in [-0.4, -0.2) is 6.29 Å². The Bertz CT molecular complexity index is 498. The van der Waals surface area contributed by atoms with Crippen molar-refractivity contribution in [2.24, 2.45) is 11.3 Å². The number of benzene rings is 1. The molecule has 1 aromatic carbocycles. The van der Waals surface area contributed by atoms with E-state index in [1.54, 1.807) is 12.1 Å². The molecule has 0 amide bonds. The van der Waals surface area contributed by atoms with Crippen LogP contribution in [0.5, 0.6) is 0 Å². The van der Waals surface area contributed by atoms with Crippen LogP contribution in [0.4, 0.5) is 4.39 Å². The van der Waals surface area contributed by atoms with Gasteiger partial charge < -0.3 is 4.79 Å². The second-order valence-corrected chi connectivity index (χ2v) is 6.70. The quantitative estimate of drug-likeness (QED) is 0.715. The second kappa shape index (κ2) is 4.90. The molecule has 0 spiro atoms. The third-order valence-electron chi connectivity index (χ3n) is 4.92.